The van der Waals surface area contributed by atoms with Crippen LogP contribution in [0.3, 0.4) is 0 Å². The van der Waals surface area contributed by atoms with Crippen molar-refractivity contribution in [2.24, 2.45) is 4.99 Å². The van der Waals surface area contributed by atoms with E-state index in [1.54, 1.807) is 0 Å². The number of amidine groups is 1. The third-order valence-corrected chi connectivity index (χ3v) is 8.70. The lowest BCUT2D eigenvalue weighted by atomic mass is 10.1. The lowest BCUT2D eigenvalue weighted by Gasteiger charge is -2.25. The summed E-state index contributed by atoms with van der Waals surface area (Å²) in [6.07, 6.45) is 35.9. The molecule has 0 atom stereocenters. The summed E-state index contributed by atoms with van der Waals surface area (Å²) in [5, 5.41) is 0. The fraction of sp³-hybridized carbons (Fsp3) is 0.971. The van der Waals surface area contributed by atoms with Crippen LogP contribution in [0.15, 0.2) is 4.99 Å². The molecule has 37 heavy (non-hydrogen) atoms. The molecule has 0 radical (unpaired) electrons. The maximum atomic E-state index is 5.19. The Bertz CT molecular complexity index is 451. The van der Waals surface area contributed by atoms with Gasteiger partial charge in [-0.25, -0.2) is 0 Å². The van der Waals surface area contributed by atoms with Gasteiger partial charge in [0.25, 0.3) is 0 Å². The molecule has 0 aliphatic carbocycles. The van der Waals surface area contributed by atoms with E-state index in [1.165, 1.54) is 179 Å². The highest BCUT2D eigenvalue weighted by Gasteiger charge is 2.11. The van der Waals surface area contributed by atoms with E-state index in [9.17, 15) is 0 Å². The summed E-state index contributed by atoms with van der Waals surface area (Å²) in [5.74, 6) is 2.67. The summed E-state index contributed by atoms with van der Waals surface area (Å²) in [7, 11) is 0. The van der Waals surface area contributed by atoms with Gasteiger partial charge in [0.2, 0.25) is 0 Å². The van der Waals surface area contributed by atoms with Gasteiger partial charge >= 0.3 is 0 Å². The van der Waals surface area contributed by atoms with Gasteiger partial charge in [-0.2, -0.15) is 0 Å². The summed E-state index contributed by atoms with van der Waals surface area (Å²) in [4.78, 5) is 5.19. The first-order chi connectivity index (χ1) is 18.3. The van der Waals surface area contributed by atoms with E-state index in [2.05, 4.69) is 43.9 Å². The van der Waals surface area contributed by atoms with Crippen molar-refractivity contribution >= 4 is 17.8 Å². The SMILES string of the molecule is CCCCCCCCCC/N=C(\CCC)N(CCCCCCCCCC)SCCCCCCCCCC. The Balaban J connectivity index is 4.44. The largest absolute Gasteiger partial charge is 0.304 e. The third kappa shape index (κ3) is 27.2. The lowest BCUT2D eigenvalue weighted by molar-refractivity contribution is 0.535. The van der Waals surface area contributed by atoms with E-state index in [4.69, 9.17) is 4.99 Å². The third-order valence-electron chi connectivity index (χ3n) is 7.53. The quantitative estimate of drug-likeness (QED) is 0.0391. The number of rotatable bonds is 30. The summed E-state index contributed by atoms with van der Waals surface area (Å²) in [6.45, 7) is 11.5. The first-order valence-corrected chi connectivity index (χ1v) is 18.2. The lowest BCUT2D eigenvalue weighted by Crippen LogP contribution is -2.26. The van der Waals surface area contributed by atoms with Crippen LogP contribution < -0.4 is 0 Å². The maximum absolute atomic E-state index is 5.19. The molecular weight excluding hydrogens is 468 g/mol. The Morgan fingerprint density at radius 2 is 0.865 bits per heavy atom. The van der Waals surface area contributed by atoms with Crippen LogP contribution in [-0.2, 0) is 0 Å². The van der Waals surface area contributed by atoms with Crippen LogP contribution in [0.25, 0.3) is 0 Å². The minimum absolute atomic E-state index is 1.04. The number of aliphatic imine (C=N–C) groups is 1. The van der Waals surface area contributed by atoms with E-state index in [-0.39, 0.29) is 0 Å². The zero-order chi connectivity index (χ0) is 27.1. The molecule has 0 aromatic carbocycles. The topological polar surface area (TPSA) is 15.6 Å². The van der Waals surface area contributed by atoms with Gasteiger partial charge in [0.1, 0.15) is 5.84 Å². The number of hydrogen-bond acceptors (Lipinski definition) is 2. The molecule has 0 aliphatic rings. The second-order valence-electron chi connectivity index (χ2n) is 11.4. The Morgan fingerprint density at radius 3 is 1.32 bits per heavy atom. The van der Waals surface area contributed by atoms with Crippen molar-refractivity contribution in [2.75, 3.05) is 18.8 Å². The zero-order valence-electron chi connectivity index (χ0n) is 26.3. The highest BCUT2D eigenvalue weighted by Crippen LogP contribution is 2.20. The smallest absolute Gasteiger partial charge is 0.109 e. The van der Waals surface area contributed by atoms with Crippen molar-refractivity contribution in [1.29, 1.82) is 0 Å². The van der Waals surface area contributed by atoms with Crippen LogP contribution in [0.1, 0.15) is 195 Å². The first-order valence-electron chi connectivity index (χ1n) is 17.2. The fourth-order valence-electron chi connectivity index (χ4n) is 5.03. The highest BCUT2D eigenvalue weighted by atomic mass is 32.2. The van der Waals surface area contributed by atoms with E-state index < -0.39 is 0 Å². The first kappa shape index (κ1) is 36.8. The molecule has 0 aromatic rings. The standard InChI is InChI=1S/C34H70N2S/c1-5-9-12-15-18-21-24-27-31-35-34(30-8-4)36(32-28-25-22-19-16-13-10-6-2)37-33-29-26-23-20-17-14-11-7-3/h5-33H2,1-4H3/b35-34+. The van der Waals surface area contributed by atoms with Gasteiger partial charge in [-0.1, -0.05) is 163 Å². The molecule has 0 heterocycles. The van der Waals surface area contributed by atoms with Crippen LogP contribution in [0.5, 0.6) is 0 Å². The number of hydrogen-bond donors (Lipinski definition) is 0. The second kappa shape index (κ2) is 32.0. The van der Waals surface area contributed by atoms with Crippen LogP contribution in [0, 0.1) is 0 Å². The van der Waals surface area contributed by atoms with E-state index in [0.29, 0.717) is 0 Å². The minimum Gasteiger partial charge on any atom is -0.304 e. The highest BCUT2D eigenvalue weighted by molar-refractivity contribution is 7.97. The van der Waals surface area contributed by atoms with Crippen LogP contribution in [-0.4, -0.2) is 29.0 Å². The summed E-state index contributed by atoms with van der Waals surface area (Å²) in [6, 6.07) is 0. The molecule has 3 heteroatoms. The fourth-order valence-corrected chi connectivity index (χ4v) is 6.14. The van der Waals surface area contributed by atoms with Gasteiger partial charge < -0.3 is 4.31 Å². The molecule has 0 unspecified atom stereocenters. The van der Waals surface area contributed by atoms with Gasteiger partial charge in [0.05, 0.1) is 0 Å². The van der Waals surface area contributed by atoms with Gasteiger partial charge in [0, 0.05) is 25.3 Å². The molecule has 0 N–H and O–H groups in total. The summed E-state index contributed by atoms with van der Waals surface area (Å²) < 4.78 is 2.63. The van der Waals surface area contributed by atoms with Crippen molar-refractivity contribution in [3.63, 3.8) is 0 Å². The predicted octanol–water partition coefficient (Wildman–Crippen LogP) is 12.6. The average Bonchev–Trinajstić information content (AvgIpc) is 2.91. The molecular formula is C34H70N2S. The Morgan fingerprint density at radius 1 is 0.459 bits per heavy atom. The van der Waals surface area contributed by atoms with Gasteiger partial charge in [-0.15, -0.1) is 0 Å². The van der Waals surface area contributed by atoms with Crippen molar-refractivity contribution in [1.82, 2.24) is 4.31 Å². The van der Waals surface area contributed by atoms with Crippen LogP contribution in [0.4, 0.5) is 0 Å². The van der Waals surface area contributed by atoms with Crippen molar-refractivity contribution in [3.8, 4) is 0 Å². The molecule has 0 fully saturated rings. The molecule has 0 aromatic heterocycles. The maximum Gasteiger partial charge on any atom is 0.109 e. The van der Waals surface area contributed by atoms with Crippen molar-refractivity contribution < 1.29 is 0 Å². The Hall–Kier alpha value is -0.180. The molecule has 222 valence electrons. The van der Waals surface area contributed by atoms with E-state index >= 15 is 0 Å². The van der Waals surface area contributed by atoms with Crippen LogP contribution in [0.2, 0.25) is 0 Å². The molecule has 0 saturated carbocycles. The van der Waals surface area contributed by atoms with Gasteiger partial charge in [0.15, 0.2) is 0 Å². The molecule has 0 saturated heterocycles. The van der Waals surface area contributed by atoms with E-state index in [1.807, 2.05) is 0 Å². The monoisotopic (exact) mass is 539 g/mol. The average molecular weight is 539 g/mol. The molecule has 0 rings (SSSR count). The Labute approximate surface area is 240 Å². The normalized spacial score (nSPS) is 11.9. The molecule has 2 nitrogen and oxygen atoms in total. The van der Waals surface area contributed by atoms with Gasteiger partial charge in [-0.3, -0.25) is 4.99 Å². The molecule has 0 bridgehead atoms. The molecule has 0 amide bonds. The second-order valence-corrected chi connectivity index (χ2v) is 12.5. The summed E-state index contributed by atoms with van der Waals surface area (Å²) >= 11 is 2.10. The Kier molecular flexibility index (Phi) is 31.9. The van der Waals surface area contributed by atoms with Crippen molar-refractivity contribution in [2.45, 2.75) is 195 Å². The van der Waals surface area contributed by atoms with E-state index in [0.717, 1.165) is 13.0 Å². The summed E-state index contributed by atoms with van der Waals surface area (Å²) in [5.41, 5.74) is 0. The van der Waals surface area contributed by atoms with Crippen molar-refractivity contribution in [3.05, 3.63) is 0 Å². The van der Waals surface area contributed by atoms with Gasteiger partial charge in [-0.05, 0) is 37.6 Å². The molecule has 0 spiro atoms. The zero-order valence-corrected chi connectivity index (χ0v) is 27.1. The number of nitrogens with zero attached hydrogens (tertiary/aromatic N) is 2. The molecule has 0 aliphatic heterocycles. The minimum atomic E-state index is 1.04. The predicted molar refractivity (Wildman–Crippen MR) is 174 cm³/mol. The van der Waals surface area contributed by atoms with Crippen LogP contribution >= 0.6 is 11.9 Å². The number of unbranched alkanes of at least 4 members (excludes halogenated alkanes) is 21.